The second-order valence-corrected chi connectivity index (χ2v) is 3.98. The molecule has 0 aromatic heterocycles. The monoisotopic (exact) mass is 185 g/mol. The van der Waals surface area contributed by atoms with E-state index in [2.05, 4.69) is 0 Å². The lowest BCUT2D eigenvalue weighted by molar-refractivity contribution is -0.138. The van der Waals surface area contributed by atoms with Crippen molar-refractivity contribution < 1.29 is 14.6 Å². The van der Waals surface area contributed by atoms with E-state index in [0.29, 0.717) is 11.8 Å². The lowest BCUT2D eigenvalue weighted by Crippen LogP contribution is -2.42. The van der Waals surface area contributed by atoms with Crippen LogP contribution in [0.1, 0.15) is 6.42 Å². The summed E-state index contributed by atoms with van der Waals surface area (Å²) in [4.78, 5) is 12.5. The van der Waals surface area contributed by atoms with Gasteiger partial charge in [0.25, 0.3) is 0 Å². The second-order valence-electron chi connectivity index (χ2n) is 3.98. The van der Waals surface area contributed by atoms with Gasteiger partial charge in [0.15, 0.2) is 0 Å². The summed E-state index contributed by atoms with van der Waals surface area (Å²) in [5, 5.41) is 8.63. The summed E-state index contributed by atoms with van der Waals surface area (Å²) in [5.74, 6) is 0.538. The van der Waals surface area contributed by atoms with Crippen LogP contribution in [0.3, 0.4) is 0 Å². The maximum absolute atomic E-state index is 10.5. The SMILES string of the molecule is O=C(O)CN1CC[C@@H]2COC[C@H]2C1. The zero-order chi connectivity index (χ0) is 9.26. The number of aliphatic carboxylic acids is 1. The van der Waals surface area contributed by atoms with Crippen LogP contribution < -0.4 is 0 Å². The smallest absolute Gasteiger partial charge is 0.317 e. The fraction of sp³-hybridized carbons (Fsp3) is 0.889. The van der Waals surface area contributed by atoms with E-state index in [1.807, 2.05) is 4.90 Å². The number of fused-ring (bicyclic) bond motifs is 1. The van der Waals surface area contributed by atoms with Gasteiger partial charge in [-0.05, 0) is 18.9 Å². The molecule has 0 aromatic rings. The van der Waals surface area contributed by atoms with E-state index in [0.717, 1.165) is 32.7 Å². The Morgan fingerprint density at radius 2 is 2.23 bits per heavy atom. The summed E-state index contributed by atoms with van der Waals surface area (Å²) >= 11 is 0. The highest BCUT2D eigenvalue weighted by atomic mass is 16.5. The van der Waals surface area contributed by atoms with Gasteiger partial charge in [-0.3, -0.25) is 9.69 Å². The maximum atomic E-state index is 10.5. The van der Waals surface area contributed by atoms with Crippen molar-refractivity contribution in [3.63, 3.8) is 0 Å². The summed E-state index contributed by atoms with van der Waals surface area (Å²) in [6, 6.07) is 0. The summed E-state index contributed by atoms with van der Waals surface area (Å²) in [5.41, 5.74) is 0. The minimum Gasteiger partial charge on any atom is -0.480 e. The number of ether oxygens (including phenoxy) is 1. The Morgan fingerprint density at radius 3 is 3.00 bits per heavy atom. The van der Waals surface area contributed by atoms with Crippen LogP contribution >= 0.6 is 0 Å². The minimum atomic E-state index is -0.725. The van der Waals surface area contributed by atoms with Gasteiger partial charge in [0.05, 0.1) is 13.2 Å². The van der Waals surface area contributed by atoms with Crippen LogP contribution in [0.15, 0.2) is 0 Å². The molecule has 0 spiro atoms. The minimum absolute atomic E-state index is 0.184. The first-order valence-electron chi connectivity index (χ1n) is 4.77. The van der Waals surface area contributed by atoms with Gasteiger partial charge < -0.3 is 9.84 Å². The fourth-order valence-corrected chi connectivity index (χ4v) is 2.27. The van der Waals surface area contributed by atoms with Crippen molar-refractivity contribution in [2.75, 3.05) is 32.8 Å². The molecule has 74 valence electrons. The zero-order valence-electron chi connectivity index (χ0n) is 7.61. The van der Waals surface area contributed by atoms with Crippen LogP contribution in [0, 0.1) is 11.8 Å². The van der Waals surface area contributed by atoms with Crippen molar-refractivity contribution in [1.82, 2.24) is 4.90 Å². The van der Waals surface area contributed by atoms with Crippen molar-refractivity contribution in [2.45, 2.75) is 6.42 Å². The van der Waals surface area contributed by atoms with Crippen LogP contribution in [0.25, 0.3) is 0 Å². The van der Waals surface area contributed by atoms with Crippen molar-refractivity contribution in [1.29, 1.82) is 0 Å². The number of rotatable bonds is 2. The van der Waals surface area contributed by atoms with E-state index in [9.17, 15) is 4.79 Å². The third-order valence-electron chi connectivity index (χ3n) is 3.00. The normalized spacial score (nSPS) is 34.5. The summed E-state index contributed by atoms with van der Waals surface area (Å²) in [7, 11) is 0. The molecule has 0 radical (unpaired) electrons. The topological polar surface area (TPSA) is 49.8 Å². The highest BCUT2D eigenvalue weighted by Gasteiger charge is 2.33. The van der Waals surface area contributed by atoms with Gasteiger partial charge in [0, 0.05) is 19.1 Å². The van der Waals surface area contributed by atoms with E-state index in [1.165, 1.54) is 0 Å². The standard InChI is InChI=1S/C9H15NO3/c11-9(12)4-10-2-1-7-5-13-6-8(7)3-10/h7-8H,1-6H2,(H,11,12)/t7-,8-/m1/s1. The van der Waals surface area contributed by atoms with Gasteiger partial charge in [-0.25, -0.2) is 0 Å². The van der Waals surface area contributed by atoms with E-state index in [1.54, 1.807) is 0 Å². The Hall–Kier alpha value is -0.610. The molecule has 0 unspecified atom stereocenters. The predicted molar refractivity (Wildman–Crippen MR) is 46.5 cm³/mol. The van der Waals surface area contributed by atoms with Gasteiger partial charge >= 0.3 is 5.97 Å². The van der Waals surface area contributed by atoms with Crippen LogP contribution in [-0.2, 0) is 9.53 Å². The molecule has 4 nitrogen and oxygen atoms in total. The summed E-state index contributed by atoms with van der Waals surface area (Å²) in [6.07, 6.45) is 1.10. The molecule has 2 saturated heterocycles. The van der Waals surface area contributed by atoms with Crippen LogP contribution in [0.5, 0.6) is 0 Å². The lowest BCUT2D eigenvalue weighted by Gasteiger charge is -2.32. The molecule has 2 atom stereocenters. The van der Waals surface area contributed by atoms with Crippen molar-refractivity contribution in [3.8, 4) is 0 Å². The Bertz CT molecular complexity index is 207. The number of hydrogen-bond donors (Lipinski definition) is 1. The molecule has 0 aromatic carbocycles. The van der Waals surface area contributed by atoms with Crippen LogP contribution in [0.4, 0.5) is 0 Å². The molecule has 2 rings (SSSR count). The predicted octanol–water partition coefficient (Wildman–Crippen LogP) is 0.0393. The first-order chi connectivity index (χ1) is 6.25. The maximum Gasteiger partial charge on any atom is 0.317 e. The van der Waals surface area contributed by atoms with E-state index in [-0.39, 0.29) is 6.54 Å². The molecule has 4 heteroatoms. The zero-order valence-corrected chi connectivity index (χ0v) is 7.61. The summed E-state index contributed by atoms with van der Waals surface area (Å²) in [6.45, 7) is 3.70. The molecule has 2 fully saturated rings. The molecular formula is C9H15NO3. The number of carboxylic acid groups (broad SMARTS) is 1. The number of hydrogen-bond acceptors (Lipinski definition) is 3. The van der Waals surface area contributed by atoms with Crippen LogP contribution in [0.2, 0.25) is 0 Å². The summed E-state index contributed by atoms with van der Waals surface area (Å²) < 4.78 is 5.37. The Labute approximate surface area is 77.5 Å². The quantitative estimate of drug-likeness (QED) is 0.660. The lowest BCUT2D eigenvalue weighted by atomic mass is 9.89. The molecule has 0 saturated carbocycles. The molecule has 0 bridgehead atoms. The first kappa shape index (κ1) is 8.97. The highest BCUT2D eigenvalue weighted by molar-refractivity contribution is 5.69. The fourth-order valence-electron chi connectivity index (χ4n) is 2.27. The van der Waals surface area contributed by atoms with Crippen molar-refractivity contribution in [2.24, 2.45) is 11.8 Å². The first-order valence-corrected chi connectivity index (χ1v) is 4.77. The molecule has 0 aliphatic carbocycles. The number of piperidine rings is 1. The molecule has 1 N–H and O–H groups in total. The number of nitrogens with zero attached hydrogens (tertiary/aromatic N) is 1. The van der Waals surface area contributed by atoms with Crippen LogP contribution in [-0.4, -0.2) is 48.8 Å². The van der Waals surface area contributed by atoms with Gasteiger partial charge in [-0.15, -0.1) is 0 Å². The molecule has 2 aliphatic heterocycles. The van der Waals surface area contributed by atoms with E-state index in [4.69, 9.17) is 9.84 Å². The third-order valence-corrected chi connectivity index (χ3v) is 3.00. The van der Waals surface area contributed by atoms with Gasteiger partial charge in [0.2, 0.25) is 0 Å². The Balaban J connectivity index is 1.86. The third kappa shape index (κ3) is 2.00. The van der Waals surface area contributed by atoms with Gasteiger partial charge in [-0.2, -0.15) is 0 Å². The second kappa shape index (κ2) is 3.64. The molecule has 0 amide bonds. The Morgan fingerprint density at radius 1 is 1.46 bits per heavy atom. The average Bonchev–Trinajstić information content (AvgIpc) is 2.49. The van der Waals surface area contributed by atoms with Gasteiger partial charge in [0.1, 0.15) is 0 Å². The van der Waals surface area contributed by atoms with Gasteiger partial charge in [-0.1, -0.05) is 0 Å². The molecule has 2 aliphatic rings. The Kier molecular flexibility index (Phi) is 2.51. The van der Waals surface area contributed by atoms with E-state index >= 15 is 0 Å². The van der Waals surface area contributed by atoms with Crippen molar-refractivity contribution >= 4 is 5.97 Å². The number of likely N-dealkylation sites (tertiary alicyclic amines) is 1. The molecular weight excluding hydrogens is 170 g/mol. The number of carbonyl (C=O) groups is 1. The highest BCUT2D eigenvalue weighted by Crippen LogP contribution is 2.28. The molecule has 2 heterocycles. The van der Waals surface area contributed by atoms with E-state index < -0.39 is 5.97 Å². The molecule has 13 heavy (non-hydrogen) atoms. The van der Waals surface area contributed by atoms with Crippen molar-refractivity contribution in [3.05, 3.63) is 0 Å². The average molecular weight is 185 g/mol. The largest absolute Gasteiger partial charge is 0.480 e. The number of carboxylic acids is 1.